The van der Waals surface area contributed by atoms with Crippen LogP contribution in [0, 0.1) is 0 Å². The third kappa shape index (κ3) is 3.89. The van der Waals surface area contributed by atoms with Gasteiger partial charge in [-0.05, 0) is 31.0 Å². The van der Waals surface area contributed by atoms with Crippen LogP contribution < -0.4 is 16.0 Å². The van der Waals surface area contributed by atoms with E-state index in [2.05, 4.69) is 4.98 Å². The number of nitrogens with one attached hydrogen (secondary N) is 1. The van der Waals surface area contributed by atoms with Gasteiger partial charge in [-0.25, -0.2) is 13.2 Å². The smallest absolute Gasteiger partial charge is 0.331 e. The minimum Gasteiger partial charge on any atom is -0.493 e. The van der Waals surface area contributed by atoms with Crippen molar-refractivity contribution in [3.8, 4) is 17.0 Å². The summed E-state index contributed by atoms with van der Waals surface area (Å²) in [5, 5.41) is 0.124. The summed E-state index contributed by atoms with van der Waals surface area (Å²) in [5.74, 6) is 0.371. The van der Waals surface area contributed by atoms with Gasteiger partial charge in [0, 0.05) is 29.8 Å². The van der Waals surface area contributed by atoms with Crippen molar-refractivity contribution in [2.45, 2.75) is 38.1 Å². The van der Waals surface area contributed by atoms with Crippen LogP contribution in [0.15, 0.2) is 32.7 Å². The van der Waals surface area contributed by atoms with Crippen LogP contribution in [-0.2, 0) is 22.6 Å². The number of benzene rings is 1. The number of aromatic nitrogens is 3. The molecule has 2 heterocycles. The number of fused-ring (bicyclic) bond motifs is 1. The molecule has 0 aliphatic carbocycles. The summed E-state index contributed by atoms with van der Waals surface area (Å²) < 4.78 is 31.9. The highest BCUT2D eigenvalue weighted by atomic mass is 35.7. The van der Waals surface area contributed by atoms with Gasteiger partial charge in [-0.3, -0.25) is 13.9 Å². The molecular formula is C19H21Cl2N3O5S. The van der Waals surface area contributed by atoms with Crippen molar-refractivity contribution in [2.75, 3.05) is 6.61 Å². The third-order valence-corrected chi connectivity index (χ3v) is 6.35. The fraction of sp³-hybridized carbons (Fsp3) is 0.368. The average molecular weight is 474 g/mol. The highest BCUT2D eigenvalue weighted by Gasteiger charge is 2.23. The van der Waals surface area contributed by atoms with Crippen LogP contribution in [0.25, 0.3) is 22.3 Å². The van der Waals surface area contributed by atoms with E-state index in [-0.39, 0.29) is 26.6 Å². The highest BCUT2D eigenvalue weighted by molar-refractivity contribution is 8.13. The zero-order valence-electron chi connectivity index (χ0n) is 16.7. The van der Waals surface area contributed by atoms with Crippen LogP contribution in [0.5, 0.6) is 5.75 Å². The van der Waals surface area contributed by atoms with Crippen molar-refractivity contribution in [1.82, 2.24) is 14.1 Å². The van der Waals surface area contributed by atoms with Crippen LogP contribution in [-0.4, -0.2) is 29.1 Å². The summed E-state index contributed by atoms with van der Waals surface area (Å²) in [4.78, 5) is 28.1. The van der Waals surface area contributed by atoms with E-state index in [1.165, 1.54) is 29.8 Å². The molecular weight excluding hydrogens is 453 g/mol. The molecule has 0 aliphatic rings. The van der Waals surface area contributed by atoms with Gasteiger partial charge in [0.1, 0.15) is 11.3 Å². The second-order valence-electron chi connectivity index (χ2n) is 6.78. The SMILES string of the molecule is CCCOc1ccc(S(=O)(=O)Cl)cc1-c1[nH]c2c(=O)n(C)c(=O)n(CCC)c2c1Cl. The molecule has 0 fully saturated rings. The van der Waals surface area contributed by atoms with Gasteiger partial charge in [0.2, 0.25) is 0 Å². The Morgan fingerprint density at radius 1 is 1.17 bits per heavy atom. The zero-order valence-corrected chi connectivity index (χ0v) is 19.0. The molecule has 0 spiro atoms. The molecule has 162 valence electrons. The Balaban J connectivity index is 2.41. The number of rotatable bonds is 7. The first-order valence-corrected chi connectivity index (χ1v) is 12.0. The summed E-state index contributed by atoms with van der Waals surface area (Å²) in [6.45, 7) is 4.58. The molecule has 3 aromatic rings. The molecule has 1 aromatic carbocycles. The molecule has 0 amide bonds. The van der Waals surface area contributed by atoms with Crippen LogP contribution in [0.1, 0.15) is 26.7 Å². The van der Waals surface area contributed by atoms with Gasteiger partial charge in [0.25, 0.3) is 14.6 Å². The maximum atomic E-state index is 12.7. The van der Waals surface area contributed by atoms with Crippen molar-refractivity contribution < 1.29 is 13.2 Å². The first-order chi connectivity index (χ1) is 14.1. The number of aromatic amines is 1. The maximum absolute atomic E-state index is 12.7. The highest BCUT2D eigenvalue weighted by Crippen LogP contribution is 2.39. The lowest BCUT2D eigenvalue weighted by atomic mass is 10.1. The van der Waals surface area contributed by atoms with Gasteiger partial charge in [0.15, 0.2) is 0 Å². The van der Waals surface area contributed by atoms with E-state index < -0.39 is 20.3 Å². The quantitative estimate of drug-likeness (QED) is 0.529. The molecule has 2 aromatic heterocycles. The van der Waals surface area contributed by atoms with Gasteiger partial charge in [-0.15, -0.1) is 0 Å². The van der Waals surface area contributed by atoms with Gasteiger partial charge in [-0.1, -0.05) is 25.4 Å². The molecule has 0 aliphatic heterocycles. The molecule has 1 N–H and O–H groups in total. The lowest BCUT2D eigenvalue weighted by Crippen LogP contribution is -2.38. The van der Waals surface area contributed by atoms with E-state index in [0.29, 0.717) is 30.9 Å². The average Bonchev–Trinajstić information content (AvgIpc) is 3.04. The molecule has 0 saturated heterocycles. The van der Waals surface area contributed by atoms with Crippen LogP contribution >= 0.6 is 22.3 Å². The standard InChI is InChI=1S/C19H21Cl2N3O5S/c1-4-8-24-17-14(20)15(22-16(17)18(25)23(3)19(24)26)12-10-11(30(21,27)28)6-7-13(12)29-9-5-2/h6-7,10,22H,4-5,8-9H2,1-3H3. The van der Waals surface area contributed by atoms with Gasteiger partial charge in [-0.2, -0.15) is 0 Å². The molecule has 0 bridgehead atoms. The molecule has 0 saturated carbocycles. The topological polar surface area (TPSA) is 103 Å². The summed E-state index contributed by atoms with van der Waals surface area (Å²) in [7, 11) is 2.89. The molecule has 8 nitrogen and oxygen atoms in total. The second-order valence-corrected chi connectivity index (χ2v) is 9.72. The monoisotopic (exact) mass is 473 g/mol. The Morgan fingerprint density at radius 2 is 1.87 bits per heavy atom. The Morgan fingerprint density at radius 3 is 2.47 bits per heavy atom. The zero-order chi connectivity index (χ0) is 22.2. The molecule has 30 heavy (non-hydrogen) atoms. The number of halogens is 2. The van der Waals surface area contributed by atoms with Gasteiger partial charge in [0.05, 0.1) is 27.7 Å². The largest absolute Gasteiger partial charge is 0.493 e. The predicted molar refractivity (Wildman–Crippen MR) is 117 cm³/mol. The van der Waals surface area contributed by atoms with Gasteiger partial charge >= 0.3 is 5.69 Å². The van der Waals surface area contributed by atoms with E-state index in [1.54, 1.807) is 0 Å². The minimum atomic E-state index is -4.01. The van der Waals surface area contributed by atoms with Crippen LogP contribution in [0.4, 0.5) is 0 Å². The number of hydrogen-bond donors (Lipinski definition) is 1. The van der Waals surface area contributed by atoms with E-state index in [1.807, 2.05) is 13.8 Å². The van der Waals surface area contributed by atoms with E-state index >= 15 is 0 Å². The first-order valence-electron chi connectivity index (χ1n) is 9.34. The van der Waals surface area contributed by atoms with Crippen molar-refractivity contribution in [1.29, 1.82) is 0 Å². The normalized spacial score (nSPS) is 11.9. The van der Waals surface area contributed by atoms with Crippen molar-refractivity contribution in [3.05, 3.63) is 44.1 Å². The molecule has 3 rings (SSSR count). The molecule has 11 heteroatoms. The summed E-state index contributed by atoms with van der Waals surface area (Å²) in [5.41, 5.74) is -0.0151. The lowest BCUT2D eigenvalue weighted by Gasteiger charge is -2.12. The fourth-order valence-electron chi connectivity index (χ4n) is 3.22. The maximum Gasteiger partial charge on any atom is 0.331 e. The van der Waals surface area contributed by atoms with E-state index in [9.17, 15) is 18.0 Å². The van der Waals surface area contributed by atoms with E-state index in [4.69, 9.17) is 27.0 Å². The Hall–Kier alpha value is -2.23. The number of ether oxygens (including phenoxy) is 1. The lowest BCUT2D eigenvalue weighted by molar-refractivity contribution is 0.318. The molecule has 0 atom stereocenters. The number of H-pyrrole nitrogens is 1. The second kappa shape index (κ2) is 8.49. The number of nitrogens with zero attached hydrogens (tertiary/aromatic N) is 2. The van der Waals surface area contributed by atoms with Crippen LogP contribution in [0.3, 0.4) is 0 Å². The Bertz CT molecular complexity index is 1340. The van der Waals surface area contributed by atoms with Gasteiger partial charge < -0.3 is 9.72 Å². The fourth-order valence-corrected chi connectivity index (χ4v) is 4.34. The van der Waals surface area contributed by atoms with Crippen LogP contribution in [0.2, 0.25) is 5.02 Å². The molecule has 0 unspecified atom stereocenters. The summed E-state index contributed by atoms with van der Waals surface area (Å²) in [6.07, 6.45) is 1.38. The molecule has 0 radical (unpaired) electrons. The Kier molecular flexibility index (Phi) is 6.35. The first kappa shape index (κ1) is 22.5. The minimum absolute atomic E-state index is 0.124. The van der Waals surface area contributed by atoms with Crippen molar-refractivity contribution >= 4 is 42.4 Å². The van der Waals surface area contributed by atoms with E-state index in [0.717, 1.165) is 11.0 Å². The summed E-state index contributed by atoms with van der Waals surface area (Å²) >= 11 is 6.62. The number of hydrogen-bond acceptors (Lipinski definition) is 5. The third-order valence-electron chi connectivity index (χ3n) is 4.63. The van der Waals surface area contributed by atoms with Crippen molar-refractivity contribution in [2.24, 2.45) is 7.05 Å². The van der Waals surface area contributed by atoms with Crippen molar-refractivity contribution in [3.63, 3.8) is 0 Å². The number of aryl methyl sites for hydroxylation is 1. The Labute approximate surface area is 182 Å². The summed E-state index contributed by atoms with van der Waals surface area (Å²) in [6, 6.07) is 4.15. The predicted octanol–water partition coefficient (Wildman–Crippen LogP) is 3.48.